The molecule has 0 saturated heterocycles. The van der Waals surface area contributed by atoms with Crippen molar-refractivity contribution in [3.05, 3.63) is 24.3 Å². The molecule has 1 rings (SSSR count). The first-order chi connectivity index (χ1) is 8.51. The Bertz CT molecular complexity index is 408. The summed E-state index contributed by atoms with van der Waals surface area (Å²) in [6, 6.07) is 7.07. The fourth-order valence-corrected chi connectivity index (χ4v) is 1.50. The minimum absolute atomic E-state index is 0.0450. The quantitative estimate of drug-likeness (QED) is 0.771. The second-order valence-electron chi connectivity index (χ2n) is 4.14. The molecule has 0 radical (unpaired) electrons. The van der Waals surface area contributed by atoms with E-state index in [0.29, 0.717) is 18.0 Å². The second-order valence-corrected chi connectivity index (χ2v) is 4.14. The first-order valence-corrected chi connectivity index (χ1v) is 5.77. The third-order valence-corrected chi connectivity index (χ3v) is 2.61. The molecule has 100 valence electrons. The van der Waals surface area contributed by atoms with Crippen LogP contribution in [0.1, 0.15) is 13.8 Å². The lowest BCUT2D eigenvalue weighted by Crippen LogP contribution is -2.53. The third-order valence-electron chi connectivity index (χ3n) is 2.61. The SMILES string of the molecule is CCNC(C)(COc1cccc(OC)c1)C(=O)O. The summed E-state index contributed by atoms with van der Waals surface area (Å²) in [5.41, 5.74) is -1.10. The number of hydrogen-bond donors (Lipinski definition) is 2. The fraction of sp³-hybridized carbons (Fsp3) is 0.462. The topological polar surface area (TPSA) is 67.8 Å². The molecule has 0 bridgehead atoms. The van der Waals surface area contributed by atoms with Crippen LogP contribution in [-0.4, -0.2) is 36.9 Å². The first kappa shape index (κ1) is 14.3. The molecule has 0 heterocycles. The van der Waals surface area contributed by atoms with E-state index in [1.165, 1.54) is 0 Å². The molecule has 18 heavy (non-hydrogen) atoms. The maximum absolute atomic E-state index is 11.2. The standard InChI is InChI=1S/C13H19NO4/c1-4-14-13(2,12(15)16)9-18-11-7-5-6-10(8-11)17-3/h5-8,14H,4,9H2,1-3H3,(H,15,16). The number of aliphatic carboxylic acids is 1. The summed E-state index contributed by atoms with van der Waals surface area (Å²) < 4.78 is 10.6. The number of benzene rings is 1. The number of carboxylic acid groups (broad SMARTS) is 1. The smallest absolute Gasteiger partial charge is 0.327 e. The van der Waals surface area contributed by atoms with Crippen molar-refractivity contribution in [1.82, 2.24) is 5.32 Å². The molecule has 1 unspecified atom stereocenters. The van der Waals surface area contributed by atoms with Crippen LogP contribution in [-0.2, 0) is 4.79 Å². The highest BCUT2D eigenvalue weighted by Crippen LogP contribution is 2.20. The molecule has 2 N–H and O–H groups in total. The van der Waals surface area contributed by atoms with E-state index < -0.39 is 11.5 Å². The van der Waals surface area contributed by atoms with Gasteiger partial charge >= 0.3 is 5.97 Å². The van der Waals surface area contributed by atoms with Crippen LogP contribution in [0.5, 0.6) is 11.5 Å². The van der Waals surface area contributed by atoms with E-state index in [4.69, 9.17) is 9.47 Å². The maximum atomic E-state index is 11.2. The van der Waals surface area contributed by atoms with Crippen molar-refractivity contribution in [2.75, 3.05) is 20.3 Å². The number of ether oxygens (including phenoxy) is 2. The summed E-state index contributed by atoms with van der Waals surface area (Å²) in [5, 5.41) is 12.1. The number of methoxy groups -OCH3 is 1. The molecule has 0 saturated carbocycles. The summed E-state index contributed by atoms with van der Waals surface area (Å²) in [5.74, 6) is 0.319. The highest BCUT2D eigenvalue weighted by atomic mass is 16.5. The van der Waals surface area contributed by atoms with E-state index in [2.05, 4.69) is 5.32 Å². The maximum Gasteiger partial charge on any atom is 0.327 e. The monoisotopic (exact) mass is 253 g/mol. The Balaban J connectivity index is 2.69. The molecule has 0 aliphatic carbocycles. The average Bonchev–Trinajstić information content (AvgIpc) is 2.37. The van der Waals surface area contributed by atoms with Gasteiger partial charge in [0.15, 0.2) is 0 Å². The summed E-state index contributed by atoms with van der Waals surface area (Å²) in [4.78, 5) is 11.2. The molecule has 1 atom stereocenters. The summed E-state index contributed by atoms with van der Waals surface area (Å²) >= 11 is 0. The number of carbonyl (C=O) groups is 1. The lowest BCUT2D eigenvalue weighted by atomic mass is 10.0. The highest BCUT2D eigenvalue weighted by molar-refractivity contribution is 5.78. The lowest BCUT2D eigenvalue weighted by molar-refractivity contribution is -0.145. The van der Waals surface area contributed by atoms with E-state index in [0.717, 1.165) is 0 Å². The van der Waals surface area contributed by atoms with Gasteiger partial charge in [-0.15, -0.1) is 0 Å². The van der Waals surface area contributed by atoms with E-state index in [1.807, 2.05) is 6.92 Å². The molecular weight excluding hydrogens is 234 g/mol. The highest BCUT2D eigenvalue weighted by Gasteiger charge is 2.33. The number of likely N-dealkylation sites (N-methyl/N-ethyl adjacent to an activating group) is 1. The van der Waals surface area contributed by atoms with Gasteiger partial charge in [-0.25, -0.2) is 0 Å². The Hall–Kier alpha value is -1.75. The molecule has 0 aliphatic heterocycles. The molecule has 0 aliphatic rings. The van der Waals surface area contributed by atoms with Gasteiger partial charge in [-0.2, -0.15) is 0 Å². The van der Waals surface area contributed by atoms with Crippen LogP contribution in [0.25, 0.3) is 0 Å². The van der Waals surface area contributed by atoms with Gasteiger partial charge in [-0.05, 0) is 25.6 Å². The van der Waals surface area contributed by atoms with Gasteiger partial charge in [0, 0.05) is 6.07 Å². The van der Waals surface area contributed by atoms with Gasteiger partial charge in [0.1, 0.15) is 23.6 Å². The van der Waals surface area contributed by atoms with Crippen LogP contribution in [0.4, 0.5) is 0 Å². The van der Waals surface area contributed by atoms with E-state index in [9.17, 15) is 9.90 Å². The Kier molecular flexibility index (Phi) is 4.97. The van der Waals surface area contributed by atoms with Crippen LogP contribution < -0.4 is 14.8 Å². The molecular formula is C13H19NO4. The predicted molar refractivity (Wildman–Crippen MR) is 68.2 cm³/mol. The molecule has 1 aromatic carbocycles. The van der Waals surface area contributed by atoms with Gasteiger partial charge in [0.05, 0.1) is 7.11 Å². The van der Waals surface area contributed by atoms with Crippen molar-refractivity contribution in [1.29, 1.82) is 0 Å². The van der Waals surface area contributed by atoms with Gasteiger partial charge in [0.2, 0.25) is 0 Å². The van der Waals surface area contributed by atoms with Crippen molar-refractivity contribution in [3.8, 4) is 11.5 Å². The minimum Gasteiger partial charge on any atom is -0.497 e. The van der Waals surface area contributed by atoms with Crippen LogP contribution in [0.3, 0.4) is 0 Å². The normalized spacial score (nSPS) is 13.7. The van der Waals surface area contributed by atoms with Crippen LogP contribution in [0, 0.1) is 0 Å². The van der Waals surface area contributed by atoms with E-state index in [1.54, 1.807) is 38.3 Å². The number of rotatable bonds is 7. The van der Waals surface area contributed by atoms with Crippen molar-refractivity contribution < 1.29 is 19.4 Å². The second kappa shape index (κ2) is 6.26. The zero-order valence-corrected chi connectivity index (χ0v) is 10.9. The van der Waals surface area contributed by atoms with Crippen molar-refractivity contribution >= 4 is 5.97 Å². The fourth-order valence-electron chi connectivity index (χ4n) is 1.50. The lowest BCUT2D eigenvalue weighted by Gasteiger charge is -2.25. The van der Waals surface area contributed by atoms with Crippen LogP contribution >= 0.6 is 0 Å². The zero-order valence-electron chi connectivity index (χ0n) is 10.9. The molecule has 5 nitrogen and oxygen atoms in total. The summed E-state index contributed by atoms with van der Waals surface area (Å²) in [6.45, 7) is 4.05. The summed E-state index contributed by atoms with van der Waals surface area (Å²) in [7, 11) is 1.57. The molecule has 0 amide bonds. The largest absolute Gasteiger partial charge is 0.497 e. The van der Waals surface area contributed by atoms with Crippen LogP contribution in [0.2, 0.25) is 0 Å². The first-order valence-electron chi connectivity index (χ1n) is 5.77. The van der Waals surface area contributed by atoms with E-state index in [-0.39, 0.29) is 6.61 Å². The van der Waals surface area contributed by atoms with Gasteiger partial charge in [0.25, 0.3) is 0 Å². The van der Waals surface area contributed by atoms with Crippen molar-refractivity contribution in [3.63, 3.8) is 0 Å². The Morgan fingerprint density at radius 2 is 2.11 bits per heavy atom. The minimum atomic E-state index is -1.10. The molecule has 0 spiro atoms. The molecule has 0 aromatic heterocycles. The molecule has 0 fully saturated rings. The number of hydrogen-bond acceptors (Lipinski definition) is 4. The van der Waals surface area contributed by atoms with Gasteiger partial charge in [-0.1, -0.05) is 13.0 Å². The Morgan fingerprint density at radius 3 is 2.67 bits per heavy atom. The van der Waals surface area contributed by atoms with Crippen LogP contribution in [0.15, 0.2) is 24.3 Å². The summed E-state index contributed by atoms with van der Waals surface area (Å²) in [6.07, 6.45) is 0. The molecule has 1 aromatic rings. The average molecular weight is 253 g/mol. The van der Waals surface area contributed by atoms with Gasteiger partial charge < -0.3 is 14.6 Å². The molecule has 5 heteroatoms. The Morgan fingerprint density at radius 1 is 1.44 bits per heavy atom. The third kappa shape index (κ3) is 3.63. The Labute approximate surface area is 107 Å². The predicted octanol–water partition coefficient (Wildman–Crippen LogP) is 1.53. The number of carboxylic acids is 1. The van der Waals surface area contributed by atoms with Crippen molar-refractivity contribution in [2.45, 2.75) is 19.4 Å². The van der Waals surface area contributed by atoms with Crippen molar-refractivity contribution in [2.24, 2.45) is 0 Å². The zero-order chi connectivity index (χ0) is 13.6. The number of nitrogens with one attached hydrogen (secondary N) is 1. The van der Waals surface area contributed by atoms with E-state index >= 15 is 0 Å². The van der Waals surface area contributed by atoms with Gasteiger partial charge in [-0.3, -0.25) is 10.1 Å².